The van der Waals surface area contributed by atoms with Crippen LogP contribution in [0.25, 0.3) is 0 Å². The first kappa shape index (κ1) is 20.1. The van der Waals surface area contributed by atoms with Crippen molar-refractivity contribution in [1.29, 1.82) is 0 Å². The molecule has 2 aromatic rings. The van der Waals surface area contributed by atoms with E-state index in [1.807, 2.05) is 0 Å². The van der Waals surface area contributed by atoms with Gasteiger partial charge in [0.2, 0.25) is 0 Å². The SMILES string of the molecule is CC1C=C(CNc2ccc([N+](=O)[O-])cc2)C=CC1CNc1ccc([N+](=O)[O-])cc1. The maximum absolute atomic E-state index is 10.7. The van der Waals surface area contributed by atoms with E-state index >= 15 is 0 Å². The van der Waals surface area contributed by atoms with Crippen LogP contribution in [0.3, 0.4) is 0 Å². The zero-order valence-electron chi connectivity index (χ0n) is 15.9. The number of nitrogens with zero attached hydrogens (tertiary/aromatic N) is 2. The van der Waals surface area contributed by atoms with E-state index in [-0.39, 0.29) is 11.4 Å². The van der Waals surface area contributed by atoms with Crippen LogP contribution in [0.4, 0.5) is 22.7 Å². The van der Waals surface area contributed by atoms with Crippen LogP contribution in [-0.2, 0) is 0 Å². The first-order valence-corrected chi connectivity index (χ1v) is 9.28. The normalized spacial score (nSPS) is 18.0. The second-order valence-corrected chi connectivity index (χ2v) is 6.97. The third-order valence-electron chi connectivity index (χ3n) is 4.90. The number of nitro benzene ring substituents is 2. The number of hydrogen-bond acceptors (Lipinski definition) is 6. The van der Waals surface area contributed by atoms with Crippen LogP contribution in [0.5, 0.6) is 0 Å². The molecular weight excluding hydrogens is 372 g/mol. The lowest BCUT2D eigenvalue weighted by Crippen LogP contribution is -2.21. The monoisotopic (exact) mass is 394 g/mol. The highest BCUT2D eigenvalue weighted by molar-refractivity contribution is 5.50. The summed E-state index contributed by atoms with van der Waals surface area (Å²) in [5.74, 6) is 0.646. The van der Waals surface area contributed by atoms with Gasteiger partial charge in [0.05, 0.1) is 9.85 Å². The zero-order chi connectivity index (χ0) is 20.8. The summed E-state index contributed by atoms with van der Waals surface area (Å²) in [5.41, 5.74) is 2.99. The van der Waals surface area contributed by atoms with E-state index in [2.05, 4.69) is 35.8 Å². The lowest BCUT2D eigenvalue weighted by Gasteiger charge is -2.24. The first-order chi connectivity index (χ1) is 13.9. The third kappa shape index (κ3) is 5.41. The van der Waals surface area contributed by atoms with E-state index < -0.39 is 9.85 Å². The van der Waals surface area contributed by atoms with Gasteiger partial charge in [0.1, 0.15) is 0 Å². The molecule has 0 bridgehead atoms. The van der Waals surface area contributed by atoms with Crippen molar-refractivity contribution in [3.8, 4) is 0 Å². The molecule has 8 nitrogen and oxygen atoms in total. The molecule has 0 heterocycles. The summed E-state index contributed by atoms with van der Waals surface area (Å²) < 4.78 is 0. The number of hydrogen-bond donors (Lipinski definition) is 2. The molecule has 2 N–H and O–H groups in total. The minimum atomic E-state index is -0.414. The minimum Gasteiger partial charge on any atom is -0.384 e. The maximum atomic E-state index is 10.7. The fourth-order valence-electron chi connectivity index (χ4n) is 3.15. The standard InChI is InChI=1S/C21H22N4O4/c1-15-12-16(13-22-18-4-8-20(9-5-18)24(26)27)2-3-17(15)14-23-19-6-10-21(11-7-19)25(28)29/h2-12,15,17,22-23H,13-14H2,1H3. The number of non-ortho nitro benzene ring substituents is 2. The van der Waals surface area contributed by atoms with Gasteiger partial charge < -0.3 is 10.6 Å². The Balaban J connectivity index is 1.49. The van der Waals surface area contributed by atoms with E-state index in [0.29, 0.717) is 18.4 Å². The number of benzene rings is 2. The fraction of sp³-hybridized carbons (Fsp3) is 0.238. The summed E-state index contributed by atoms with van der Waals surface area (Å²) in [6.45, 7) is 3.52. The molecule has 29 heavy (non-hydrogen) atoms. The number of rotatable bonds is 8. The van der Waals surface area contributed by atoms with Crippen LogP contribution in [0.1, 0.15) is 6.92 Å². The highest BCUT2D eigenvalue weighted by Gasteiger charge is 2.17. The predicted octanol–water partition coefficient (Wildman–Crippen LogP) is 4.78. The molecule has 2 aromatic carbocycles. The van der Waals surface area contributed by atoms with E-state index in [9.17, 15) is 20.2 Å². The highest BCUT2D eigenvalue weighted by atomic mass is 16.6. The molecule has 0 radical (unpaired) electrons. The minimum absolute atomic E-state index is 0.0734. The summed E-state index contributed by atoms with van der Waals surface area (Å²) in [7, 11) is 0. The van der Waals surface area contributed by atoms with E-state index in [0.717, 1.165) is 23.5 Å². The van der Waals surface area contributed by atoms with Crippen molar-refractivity contribution in [3.63, 3.8) is 0 Å². The van der Waals surface area contributed by atoms with Crippen LogP contribution in [0.15, 0.2) is 72.3 Å². The van der Waals surface area contributed by atoms with Crippen molar-refractivity contribution < 1.29 is 9.85 Å². The molecule has 0 amide bonds. The van der Waals surface area contributed by atoms with Gasteiger partial charge in [-0.05, 0) is 35.8 Å². The van der Waals surface area contributed by atoms with Crippen LogP contribution in [-0.4, -0.2) is 22.9 Å². The molecule has 1 aliphatic rings. The Kier molecular flexibility index (Phi) is 6.23. The molecule has 0 aliphatic heterocycles. The first-order valence-electron chi connectivity index (χ1n) is 9.28. The van der Waals surface area contributed by atoms with Gasteiger partial charge in [0.25, 0.3) is 11.4 Å². The van der Waals surface area contributed by atoms with Crippen molar-refractivity contribution >= 4 is 22.7 Å². The average Bonchev–Trinajstić information content (AvgIpc) is 2.72. The average molecular weight is 394 g/mol. The largest absolute Gasteiger partial charge is 0.384 e. The molecule has 3 rings (SSSR count). The molecule has 150 valence electrons. The van der Waals surface area contributed by atoms with Gasteiger partial charge in [0, 0.05) is 54.6 Å². The van der Waals surface area contributed by atoms with Crippen molar-refractivity contribution in [1.82, 2.24) is 0 Å². The van der Waals surface area contributed by atoms with Crippen molar-refractivity contribution in [2.75, 3.05) is 23.7 Å². The number of anilines is 2. The Morgan fingerprint density at radius 3 is 1.86 bits per heavy atom. The summed E-state index contributed by atoms with van der Waals surface area (Å²) >= 11 is 0. The van der Waals surface area contributed by atoms with E-state index in [4.69, 9.17) is 0 Å². The zero-order valence-corrected chi connectivity index (χ0v) is 15.9. The van der Waals surface area contributed by atoms with Gasteiger partial charge in [-0.15, -0.1) is 0 Å². The second kappa shape index (κ2) is 9.01. The molecule has 0 saturated heterocycles. The van der Waals surface area contributed by atoms with Gasteiger partial charge in [-0.1, -0.05) is 25.2 Å². The van der Waals surface area contributed by atoms with Gasteiger partial charge in [0.15, 0.2) is 0 Å². The lowest BCUT2D eigenvalue weighted by atomic mass is 9.87. The maximum Gasteiger partial charge on any atom is 0.269 e. The molecule has 0 fully saturated rings. The van der Waals surface area contributed by atoms with E-state index in [1.165, 1.54) is 24.3 Å². The Hall–Kier alpha value is -3.68. The Labute approximate surface area is 168 Å². The van der Waals surface area contributed by atoms with Crippen molar-refractivity contribution in [2.45, 2.75) is 6.92 Å². The number of nitrogens with one attached hydrogen (secondary N) is 2. The molecule has 0 spiro atoms. The summed E-state index contributed by atoms with van der Waals surface area (Å²) in [4.78, 5) is 20.6. The lowest BCUT2D eigenvalue weighted by molar-refractivity contribution is -0.385. The van der Waals surface area contributed by atoms with Crippen LogP contribution in [0.2, 0.25) is 0 Å². The highest BCUT2D eigenvalue weighted by Crippen LogP contribution is 2.24. The Morgan fingerprint density at radius 1 is 0.862 bits per heavy atom. The molecular formula is C21H22N4O4. The smallest absolute Gasteiger partial charge is 0.269 e. The second-order valence-electron chi connectivity index (χ2n) is 6.97. The topological polar surface area (TPSA) is 110 Å². The summed E-state index contributed by atoms with van der Waals surface area (Å²) in [6, 6.07) is 12.8. The molecule has 1 aliphatic carbocycles. The van der Waals surface area contributed by atoms with Gasteiger partial charge >= 0.3 is 0 Å². The molecule has 2 unspecified atom stereocenters. The predicted molar refractivity (Wildman–Crippen MR) is 113 cm³/mol. The summed E-state index contributed by atoms with van der Waals surface area (Å²) in [5, 5.41) is 28.0. The quantitative estimate of drug-likeness (QED) is 0.493. The van der Waals surface area contributed by atoms with Crippen LogP contribution >= 0.6 is 0 Å². The molecule has 8 heteroatoms. The molecule has 0 aromatic heterocycles. The van der Waals surface area contributed by atoms with Gasteiger partial charge in [-0.25, -0.2) is 0 Å². The Bertz CT molecular complexity index is 936. The van der Waals surface area contributed by atoms with Crippen LogP contribution in [0, 0.1) is 32.1 Å². The molecule has 2 atom stereocenters. The van der Waals surface area contributed by atoms with Gasteiger partial charge in [-0.2, -0.15) is 0 Å². The molecule has 0 saturated carbocycles. The number of nitro groups is 2. The Morgan fingerprint density at radius 2 is 1.38 bits per heavy atom. The van der Waals surface area contributed by atoms with Crippen molar-refractivity contribution in [2.24, 2.45) is 11.8 Å². The van der Waals surface area contributed by atoms with Gasteiger partial charge in [-0.3, -0.25) is 20.2 Å². The third-order valence-corrected chi connectivity index (χ3v) is 4.90. The summed E-state index contributed by atoms with van der Waals surface area (Å²) in [6.07, 6.45) is 6.46. The number of allylic oxidation sites excluding steroid dienone is 1. The van der Waals surface area contributed by atoms with Crippen LogP contribution < -0.4 is 10.6 Å². The van der Waals surface area contributed by atoms with Crippen molar-refractivity contribution in [3.05, 3.63) is 92.6 Å². The fourth-order valence-corrected chi connectivity index (χ4v) is 3.15. The van der Waals surface area contributed by atoms with E-state index in [1.54, 1.807) is 24.3 Å².